The van der Waals surface area contributed by atoms with Crippen LogP contribution in [0.2, 0.25) is 0 Å². The highest BCUT2D eigenvalue weighted by atomic mass is 19.1. The van der Waals surface area contributed by atoms with Crippen molar-refractivity contribution in [2.75, 3.05) is 13.2 Å². The number of hydrogen-bond donors (Lipinski definition) is 0. The van der Waals surface area contributed by atoms with E-state index in [1.807, 2.05) is 62.5 Å². The SMILES string of the molecule is CCc1cc2nc(-c3cc(C)c(C)c(OCc4ccccc4)c3F)n(C3(C)COC3)c2cn1. The van der Waals surface area contributed by atoms with Crippen molar-refractivity contribution < 1.29 is 13.9 Å². The monoisotopic (exact) mass is 445 g/mol. The van der Waals surface area contributed by atoms with Crippen molar-refractivity contribution in [2.45, 2.75) is 46.3 Å². The van der Waals surface area contributed by atoms with Crippen LogP contribution in [0.5, 0.6) is 5.75 Å². The third kappa shape index (κ3) is 3.68. The molecule has 4 aromatic rings. The molecule has 1 saturated heterocycles. The molecular weight excluding hydrogens is 417 g/mol. The van der Waals surface area contributed by atoms with Gasteiger partial charge in [-0.3, -0.25) is 4.98 Å². The van der Waals surface area contributed by atoms with E-state index in [1.165, 1.54) is 0 Å². The predicted octanol–water partition coefficient (Wildman–Crippen LogP) is 5.74. The fourth-order valence-electron chi connectivity index (χ4n) is 4.38. The van der Waals surface area contributed by atoms with Crippen molar-refractivity contribution in [3.63, 3.8) is 0 Å². The average Bonchev–Trinajstić information content (AvgIpc) is 3.19. The first-order chi connectivity index (χ1) is 15.9. The van der Waals surface area contributed by atoms with Crippen molar-refractivity contribution in [3.8, 4) is 17.1 Å². The second-order valence-electron chi connectivity index (χ2n) is 9.06. The Morgan fingerprint density at radius 2 is 1.91 bits per heavy atom. The van der Waals surface area contributed by atoms with Gasteiger partial charge in [-0.15, -0.1) is 0 Å². The number of fused-ring (bicyclic) bond motifs is 1. The van der Waals surface area contributed by atoms with Crippen LogP contribution in [0.1, 0.15) is 36.2 Å². The van der Waals surface area contributed by atoms with Gasteiger partial charge in [0.1, 0.15) is 12.4 Å². The Bertz CT molecular complexity index is 1330. The van der Waals surface area contributed by atoms with Gasteiger partial charge in [0.2, 0.25) is 0 Å². The smallest absolute Gasteiger partial charge is 0.176 e. The molecule has 0 N–H and O–H groups in total. The molecule has 0 radical (unpaired) electrons. The lowest BCUT2D eigenvalue weighted by Crippen LogP contribution is -2.49. The molecule has 170 valence electrons. The molecule has 2 aromatic carbocycles. The summed E-state index contributed by atoms with van der Waals surface area (Å²) in [4.78, 5) is 9.48. The van der Waals surface area contributed by atoms with E-state index in [1.54, 1.807) is 0 Å². The van der Waals surface area contributed by atoms with Gasteiger partial charge in [-0.1, -0.05) is 37.3 Å². The van der Waals surface area contributed by atoms with Crippen LogP contribution >= 0.6 is 0 Å². The van der Waals surface area contributed by atoms with E-state index in [-0.39, 0.29) is 11.3 Å². The number of nitrogens with zero attached hydrogens (tertiary/aromatic N) is 3. The Balaban J connectivity index is 1.66. The summed E-state index contributed by atoms with van der Waals surface area (Å²) in [5.74, 6) is 0.462. The van der Waals surface area contributed by atoms with Crippen LogP contribution in [0.25, 0.3) is 22.4 Å². The van der Waals surface area contributed by atoms with Crippen LogP contribution in [0.3, 0.4) is 0 Å². The Morgan fingerprint density at radius 1 is 1.15 bits per heavy atom. The number of pyridine rings is 1. The van der Waals surface area contributed by atoms with E-state index < -0.39 is 5.82 Å². The first kappa shape index (κ1) is 21.6. The van der Waals surface area contributed by atoms with Gasteiger partial charge in [-0.2, -0.15) is 0 Å². The molecule has 33 heavy (non-hydrogen) atoms. The average molecular weight is 446 g/mol. The highest BCUT2D eigenvalue weighted by molar-refractivity contribution is 5.81. The number of imidazole rings is 1. The minimum absolute atomic E-state index is 0.273. The van der Waals surface area contributed by atoms with Crippen molar-refractivity contribution >= 4 is 11.0 Å². The zero-order chi connectivity index (χ0) is 23.2. The number of ether oxygens (including phenoxy) is 2. The van der Waals surface area contributed by atoms with Crippen LogP contribution in [0.4, 0.5) is 4.39 Å². The number of halogens is 1. The molecule has 1 fully saturated rings. The number of aryl methyl sites for hydroxylation is 2. The molecule has 5 nitrogen and oxygen atoms in total. The number of rotatable bonds is 6. The molecular formula is C27H28FN3O2. The Hall–Kier alpha value is -3.25. The maximum absolute atomic E-state index is 16.0. The molecule has 0 atom stereocenters. The van der Waals surface area contributed by atoms with Crippen molar-refractivity contribution in [3.05, 3.63) is 76.9 Å². The maximum atomic E-state index is 16.0. The third-order valence-electron chi connectivity index (χ3n) is 6.52. The van der Waals surface area contributed by atoms with E-state index in [0.717, 1.165) is 39.8 Å². The number of hydrogen-bond acceptors (Lipinski definition) is 4. The summed E-state index contributed by atoms with van der Waals surface area (Å²) in [6, 6.07) is 13.7. The molecule has 1 aliphatic rings. The molecule has 0 bridgehead atoms. The zero-order valence-corrected chi connectivity index (χ0v) is 19.5. The van der Waals surface area contributed by atoms with E-state index in [9.17, 15) is 0 Å². The lowest BCUT2D eigenvalue weighted by molar-refractivity contribution is -0.0868. The van der Waals surface area contributed by atoms with E-state index in [2.05, 4.69) is 23.4 Å². The van der Waals surface area contributed by atoms with Gasteiger partial charge < -0.3 is 14.0 Å². The van der Waals surface area contributed by atoms with Gasteiger partial charge in [-0.05, 0) is 56.0 Å². The highest BCUT2D eigenvalue weighted by Gasteiger charge is 2.39. The summed E-state index contributed by atoms with van der Waals surface area (Å²) in [5, 5.41) is 0. The highest BCUT2D eigenvalue weighted by Crippen LogP contribution is 2.40. The summed E-state index contributed by atoms with van der Waals surface area (Å²) in [7, 11) is 0. The van der Waals surface area contributed by atoms with Crippen LogP contribution < -0.4 is 4.74 Å². The topological polar surface area (TPSA) is 49.2 Å². The molecule has 0 amide bonds. The van der Waals surface area contributed by atoms with Crippen LogP contribution in [0, 0.1) is 19.7 Å². The summed E-state index contributed by atoms with van der Waals surface area (Å²) < 4.78 is 29.7. The van der Waals surface area contributed by atoms with E-state index >= 15 is 4.39 Å². The molecule has 5 rings (SSSR count). The van der Waals surface area contributed by atoms with E-state index in [4.69, 9.17) is 14.5 Å². The van der Waals surface area contributed by atoms with E-state index in [0.29, 0.717) is 31.2 Å². The summed E-state index contributed by atoms with van der Waals surface area (Å²) in [6.45, 7) is 9.44. The fourth-order valence-corrected chi connectivity index (χ4v) is 4.38. The van der Waals surface area contributed by atoms with Gasteiger partial charge in [0.15, 0.2) is 11.6 Å². The molecule has 3 heterocycles. The van der Waals surface area contributed by atoms with Gasteiger partial charge >= 0.3 is 0 Å². The Labute approximate surface area is 193 Å². The third-order valence-corrected chi connectivity index (χ3v) is 6.52. The summed E-state index contributed by atoms with van der Waals surface area (Å²) >= 11 is 0. The van der Waals surface area contributed by atoms with Crippen molar-refractivity contribution in [1.29, 1.82) is 0 Å². The Morgan fingerprint density at radius 3 is 2.58 bits per heavy atom. The molecule has 0 unspecified atom stereocenters. The first-order valence-corrected chi connectivity index (χ1v) is 11.3. The summed E-state index contributed by atoms with van der Waals surface area (Å²) in [5.41, 5.74) is 5.52. The largest absolute Gasteiger partial charge is 0.486 e. The van der Waals surface area contributed by atoms with Gasteiger partial charge in [0.25, 0.3) is 0 Å². The summed E-state index contributed by atoms with van der Waals surface area (Å²) in [6.07, 6.45) is 2.66. The molecule has 2 aromatic heterocycles. The lowest BCUT2D eigenvalue weighted by atomic mass is 9.98. The molecule has 6 heteroatoms. The van der Waals surface area contributed by atoms with Gasteiger partial charge in [0, 0.05) is 5.69 Å². The second kappa shape index (κ2) is 8.27. The zero-order valence-electron chi connectivity index (χ0n) is 19.5. The minimum Gasteiger partial charge on any atom is -0.486 e. The van der Waals surface area contributed by atoms with Crippen molar-refractivity contribution in [2.24, 2.45) is 0 Å². The molecule has 0 aliphatic carbocycles. The fraction of sp³-hybridized carbons (Fsp3) is 0.333. The van der Waals surface area contributed by atoms with Crippen molar-refractivity contribution in [1.82, 2.24) is 14.5 Å². The van der Waals surface area contributed by atoms with Crippen LogP contribution in [-0.2, 0) is 23.3 Å². The Kier molecular flexibility index (Phi) is 5.41. The lowest BCUT2D eigenvalue weighted by Gasteiger charge is -2.40. The number of aromatic nitrogens is 3. The quantitative estimate of drug-likeness (QED) is 0.380. The molecule has 0 saturated carbocycles. The molecule has 0 spiro atoms. The predicted molar refractivity (Wildman–Crippen MR) is 127 cm³/mol. The number of benzene rings is 2. The first-order valence-electron chi connectivity index (χ1n) is 11.3. The normalized spacial score (nSPS) is 14.9. The van der Waals surface area contributed by atoms with Crippen LogP contribution in [0.15, 0.2) is 48.7 Å². The van der Waals surface area contributed by atoms with Crippen LogP contribution in [-0.4, -0.2) is 27.7 Å². The maximum Gasteiger partial charge on any atom is 0.176 e. The molecule has 1 aliphatic heterocycles. The van der Waals surface area contributed by atoms with Gasteiger partial charge in [-0.25, -0.2) is 9.37 Å². The second-order valence-corrected chi connectivity index (χ2v) is 9.06. The minimum atomic E-state index is -0.391. The van der Waals surface area contributed by atoms with Gasteiger partial charge in [0.05, 0.1) is 41.5 Å². The standard InChI is InChI=1S/C27H28FN3O2/c1-5-20-12-22-23(13-29-20)31(27(4)15-32-16-27)26(30-22)21-11-17(2)18(3)25(24(21)28)33-14-19-9-7-6-8-10-19/h6-13H,5,14-16H2,1-4H3.